The summed E-state index contributed by atoms with van der Waals surface area (Å²) in [4.78, 5) is 9.73. The molecule has 48 valence electrons. The number of carboxylic acids is 1. The summed E-state index contributed by atoms with van der Waals surface area (Å²) in [5.74, 6) is -0.940. The average molecular weight is 139 g/mol. The highest BCUT2D eigenvalue weighted by molar-refractivity contribution is 6.19. The molecular formula is C4H7ClO3. The third kappa shape index (κ3) is 5.72. The molecule has 0 aromatic heterocycles. The standard InChI is InChI=1S/C4H7ClO3/c5-3(6)1-2-4(7)8/h3,6H,1-2H2,(H,7,8)/t3-/m0/s1. The molecule has 0 spiro atoms. The topological polar surface area (TPSA) is 57.5 Å². The van der Waals surface area contributed by atoms with E-state index in [0.29, 0.717) is 0 Å². The van der Waals surface area contributed by atoms with Gasteiger partial charge in [0.1, 0.15) is 5.56 Å². The summed E-state index contributed by atoms with van der Waals surface area (Å²) in [6, 6.07) is 0. The number of hydrogen-bond donors (Lipinski definition) is 2. The fourth-order valence-electron chi connectivity index (χ4n) is 0.243. The molecule has 0 aliphatic carbocycles. The van der Waals surface area contributed by atoms with Crippen molar-refractivity contribution in [2.24, 2.45) is 0 Å². The summed E-state index contributed by atoms with van der Waals surface area (Å²) >= 11 is 5.01. The number of aliphatic hydroxyl groups excluding tert-OH is 1. The van der Waals surface area contributed by atoms with E-state index >= 15 is 0 Å². The summed E-state index contributed by atoms with van der Waals surface area (Å²) in [6.45, 7) is 0. The molecule has 0 bridgehead atoms. The van der Waals surface area contributed by atoms with Crippen LogP contribution < -0.4 is 0 Å². The second-order valence-corrected chi connectivity index (χ2v) is 1.87. The van der Waals surface area contributed by atoms with Gasteiger partial charge < -0.3 is 10.2 Å². The van der Waals surface area contributed by atoms with Crippen molar-refractivity contribution in [2.45, 2.75) is 18.4 Å². The molecule has 4 heteroatoms. The largest absolute Gasteiger partial charge is 0.481 e. The Kier molecular flexibility index (Phi) is 3.56. The Bertz CT molecular complexity index is 81.4. The molecule has 0 aliphatic heterocycles. The summed E-state index contributed by atoms with van der Waals surface area (Å²) in [6.07, 6.45) is 0.0293. The van der Waals surface area contributed by atoms with Crippen molar-refractivity contribution >= 4 is 17.6 Å². The molecule has 0 fully saturated rings. The van der Waals surface area contributed by atoms with E-state index in [1.807, 2.05) is 0 Å². The first-order chi connectivity index (χ1) is 3.63. The lowest BCUT2D eigenvalue weighted by molar-refractivity contribution is -0.137. The van der Waals surface area contributed by atoms with Gasteiger partial charge in [-0.2, -0.15) is 0 Å². The van der Waals surface area contributed by atoms with Gasteiger partial charge >= 0.3 is 5.97 Å². The Morgan fingerprint density at radius 2 is 2.25 bits per heavy atom. The quantitative estimate of drug-likeness (QED) is 0.556. The number of alkyl halides is 1. The fourth-order valence-corrected chi connectivity index (χ4v) is 0.352. The summed E-state index contributed by atoms with van der Waals surface area (Å²) in [5, 5.41) is 16.3. The maximum Gasteiger partial charge on any atom is 0.303 e. The molecule has 0 saturated heterocycles. The Hall–Kier alpha value is -0.280. The zero-order valence-electron chi connectivity index (χ0n) is 4.17. The van der Waals surface area contributed by atoms with Crippen LogP contribution in [0.3, 0.4) is 0 Å². The van der Waals surface area contributed by atoms with Gasteiger partial charge in [-0.05, 0) is 6.42 Å². The van der Waals surface area contributed by atoms with Gasteiger partial charge in [-0.1, -0.05) is 11.6 Å². The summed E-state index contributed by atoms with van der Waals surface area (Å²) in [7, 11) is 0. The van der Waals surface area contributed by atoms with Crippen LogP contribution in [0.1, 0.15) is 12.8 Å². The van der Waals surface area contributed by atoms with Crippen LogP contribution in [0, 0.1) is 0 Å². The van der Waals surface area contributed by atoms with E-state index in [-0.39, 0.29) is 12.8 Å². The molecule has 0 radical (unpaired) electrons. The van der Waals surface area contributed by atoms with Gasteiger partial charge in [0.15, 0.2) is 0 Å². The van der Waals surface area contributed by atoms with Crippen LogP contribution in [0.4, 0.5) is 0 Å². The van der Waals surface area contributed by atoms with Gasteiger partial charge in [0, 0.05) is 6.42 Å². The van der Waals surface area contributed by atoms with Crippen LogP contribution in [0.25, 0.3) is 0 Å². The van der Waals surface area contributed by atoms with Crippen LogP contribution in [-0.4, -0.2) is 21.7 Å². The smallest absolute Gasteiger partial charge is 0.303 e. The number of aliphatic carboxylic acids is 1. The number of aliphatic hydroxyl groups is 1. The monoisotopic (exact) mass is 138 g/mol. The van der Waals surface area contributed by atoms with E-state index in [1.54, 1.807) is 0 Å². The Morgan fingerprint density at radius 1 is 1.75 bits per heavy atom. The van der Waals surface area contributed by atoms with Crippen LogP contribution in [0.5, 0.6) is 0 Å². The van der Waals surface area contributed by atoms with Crippen molar-refractivity contribution in [3.63, 3.8) is 0 Å². The molecule has 0 unspecified atom stereocenters. The maximum absolute atomic E-state index is 9.73. The Morgan fingerprint density at radius 3 is 2.38 bits per heavy atom. The van der Waals surface area contributed by atoms with Crippen molar-refractivity contribution in [1.82, 2.24) is 0 Å². The van der Waals surface area contributed by atoms with E-state index in [1.165, 1.54) is 0 Å². The van der Waals surface area contributed by atoms with Crippen molar-refractivity contribution in [1.29, 1.82) is 0 Å². The van der Waals surface area contributed by atoms with E-state index < -0.39 is 11.5 Å². The highest BCUT2D eigenvalue weighted by Gasteiger charge is 2.01. The van der Waals surface area contributed by atoms with Crippen molar-refractivity contribution in [3.05, 3.63) is 0 Å². The Balaban J connectivity index is 3.05. The molecular weight excluding hydrogens is 131 g/mol. The van der Waals surface area contributed by atoms with Gasteiger partial charge in [0.2, 0.25) is 0 Å². The molecule has 0 aromatic carbocycles. The highest BCUT2D eigenvalue weighted by atomic mass is 35.5. The number of rotatable bonds is 3. The van der Waals surface area contributed by atoms with E-state index in [9.17, 15) is 4.79 Å². The molecule has 3 nitrogen and oxygen atoms in total. The molecule has 0 amide bonds. The van der Waals surface area contributed by atoms with Gasteiger partial charge in [0.25, 0.3) is 0 Å². The van der Waals surface area contributed by atoms with E-state index in [2.05, 4.69) is 0 Å². The van der Waals surface area contributed by atoms with Crippen molar-refractivity contribution in [2.75, 3.05) is 0 Å². The van der Waals surface area contributed by atoms with Crippen molar-refractivity contribution < 1.29 is 15.0 Å². The van der Waals surface area contributed by atoms with Crippen molar-refractivity contribution in [3.8, 4) is 0 Å². The van der Waals surface area contributed by atoms with Crippen LogP contribution >= 0.6 is 11.6 Å². The van der Waals surface area contributed by atoms with Gasteiger partial charge in [0.05, 0.1) is 0 Å². The van der Waals surface area contributed by atoms with Crippen LogP contribution in [0.15, 0.2) is 0 Å². The predicted molar refractivity (Wildman–Crippen MR) is 28.7 cm³/mol. The maximum atomic E-state index is 9.73. The molecule has 0 heterocycles. The normalized spacial score (nSPS) is 13.2. The number of halogens is 1. The summed E-state index contributed by atoms with van der Waals surface area (Å²) in [5.41, 5.74) is -1.02. The second kappa shape index (κ2) is 3.69. The average Bonchev–Trinajstić information content (AvgIpc) is 1.61. The first kappa shape index (κ1) is 7.72. The minimum atomic E-state index is -1.02. The number of carbonyl (C=O) groups is 1. The highest BCUT2D eigenvalue weighted by Crippen LogP contribution is 1.99. The third-order valence-corrected chi connectivity index (χ3v) is 0.815. The number of carboxylic acid groups (broad SMARTS) is 1. The predicted octanol–water partition coefficient (Wildman–Crippen LogP) is 0.408. The minimum absolute atomic E-state index is 0.0787. The van der Waals surface area contributed by atoms with E-state index in [0.717, 1.165) is 0 Å². The molecule has 8 heavy (non-hydrogen) atoms. The van der Waals surface area contributed by atoms with Gasteiger partial charge in [-0.15, -0.1) is 0 Å². The minimum Gasteiger partial charge on any atom is -0.481 e. The first-order valence-electron chi connectivity index (χ1n) is 2.17. The molecule has 0 rings (SSSR count). The van der Waals surface area contributed by atoms with Gasteiger partial charge in [-0.3, -0.25) is 4.79 Å². The summed E-state index contributed by atoms with van der Waals surface area (Å²) < 4.78 is 0. The van der Waals surface area contributed by atoms with E-state index in [4.69, 9.17) is 21.8 Å². The number of hydrogen-bond acceptors (Lipinski definition) is 2. The SMILES string of the molecule is O=C(O)CC[C@H](O)Cl. The first-order valence-corrected chi connectivity index (χ1v) is 2.60. The molecule has 1 atom stereocenters. The molecule has 0 saturated carbocycles. The molecule has 0 aliphatic rings. The lowest BCUT2D eigenvalue weighted by Gasteiger charge is -1.94. The zero-order chi connectivity index (χ0) is 6.57. The van der Waals surface area contributed by atoms with Crippen LogP contribution in [-0.2, 0) is 4.79 Å². The second-order valence-electron chi connectivity index (χ2n) is 1.37. The van der Waals surface area contributed by atoms with Gasteiger partial charge in [-0.25, -0.2) is 0 Å². The molecule has 2 N–H and O–H groups in total. The zero-order valence-corrected chi connectivity index (χ0v) is 4.93. The molecule has 0 aromatic rings. The third-order valence-electron chi connectivity index (χ3n) is 0.596. The fraction of sp³-hybridized carbons (Fsp3) is 0.750. The Labute approximate surface area is 51.9 Å². The van der Waals surface area contributed by atoms with Crippen LogP contribution in [0.2, 0.25) is 0 Å². The lowest BCUT2D eigenvalue weighted by Crippen LogP contribution is -2.01. The lowest BCUT2D eigenvalue weighted by atomic mass is 10.3.